The SMILES string of the molecule is CCNC(=NCCCOCC1CCOCC1)NCCCN1CCN(c2ccccc2)CC1. The first-order valence-corrected chi connectivity index (χ1v) is 12.5. The molecule has 2 aliphatic rings. The van der Waals surface area contributed by atoms with E-state index in [0.717, 1.165) is 110 Å². The van der Waals surface area contributed by atoms with Crippen molar-refractivity contribution >= 4 is 11.6 Å². The number of hydrogen-bond acceptors (Lipinski definition) is 5. The standard InChI is InChI=1S/C25H43N5O2/c1-2-26-25(28-13-7-19-32-22-23-10-20-31-21-11-23)27-12-6-14-29-15-17-30(18-16-29)24-8-4-3-5-9-24/h3-5,8-9,23H,2,6-7,10-22H2,1H3,(H2,26,27,28). The number of rotatable bonds is 12. The number of para-hydroxylation sites is 1. The second-order valence-electron chi connectivity index (χ2n) is 8.69. The molecule has 0 saturated carbocycles. The molecule has 0 atom stereocenters. The molecule has 0 unspecified atom stereocenters. The van der Waals surface area contributed by atoms with Gasteiger partial charge in [0, 0.05) is 77.9 Å². The molecule has 32 heavy (non-hydrogen) atoms. The van der Waals surface area contributed by atoms with Crippen molar-refractivity contribution in [3.63, 3.8) is 0 Å². The minimum absolute atomic E-state index is 0.674. The van der Waals surface area contributed by atoms with Crippen molar-refractivity contribution in [1.82, 2.24) is 15.5 Å². The topological polar surface area (TPSA) is 61.4 Å². The highest BCUT2D eigenvalue weighted by Crippen LogP contribution is 2.16. The van der Waals surface area contributed by atoms with Crippen LogP contribution in [0.5, 0.6) is 0 Å². The third-order valence-corrected chi connectivity index (χ3v) is 6.19. The fraction of sp³-hybridized carbons (Fsp3) is 0.720. The summed E-state index contributed by atoms with van der Waals surface area (Å²) in [6.45, 7) is 13.8. The number of hydrogen-bond donors (Lipinski definition) is 2. The van der Waals surface area contributed by atoms with E-state index in [4.69, 9.17) is 14.5 Å². The van der Waals surface area contributed by atoms with Gasteiger partial charge < -0.3 is 25.0 Å². The number of nitrogens with one attached hydrogen (secondary N) is 2. The van der Waals surface area contributed by atoms with Crippen molar-refractivity contribution in [1.29, 1.82) is 0 Å². The van der Waals surface area contributed by atoms with Crippen LogP contribution in [0, 0.1) is 5.92 Å². The number of anilines is 1. The average molecular weight is 446 g/mol. The summed E-state index contributed by atoms with van der Waals surface area (Å²) in [5.41, 5.74) is 1.34. The van der Waals surface area contributed by atoms with Gasteiger partial charge in [0.25, 0.3) is 0 Å². The number of benzene rings is 1. The van der Waals surface area contributed by atoms with E-state index in [2.05, 4.69) is 57.7 Å². The van der Waals surface area contributed by atoms with Crippen LogP contribution in [0.4, 0.5) is 5.69 Å². The van der Waals surface area contributed by atoms with Gasteiger partial charge in [-0.15, -0.1) is 0 Å². The van der Waals surface area contributed by atoms with Crippen LogP contribution in [-0.2, 0) is 9.47 Å². The van der Waals surface area contributed by atoms with Gasteiger partial charge in [-0.25, -0.2) is 0 Å². The predicted molar refractivity (Wildman–Crippen MR) is 133 cm³/mol. The minimum atomic E-state index is 0.674. The van der Waals surface area contributed by atoms with E-state index in [1.807, 2.05) is 0 Å². The molecule has 2 heterocycles. The average Bonchev–Trinajstić information content (AvgIpc) is 2.85. The molecule has 0 amide bonds. The van der Waals surface area contributed by atoms with Crippen LogP contribution in [-0.4, -0.2) is 89.6 Å². The number of ether oxygens (including phenoxy) is 2. The smallest absolute Gasteiger partial charge is 0.191 e. The van der Waals surface area contributed by atoms with Crippen LogP contribution in [0.2, 0.25) is 0 Å². The Morgan fingerprint density at radius 3 is 2.59 bits per heavy atom. The van der Waals surface area contributed by atoms with Crippen LogP contribution >= 0.6 is 0 Å². The molecule has 0 radical (unpaired) electrons. The van der Waals surface area contributed by atoms with Gasteiger partial charge in [0.1, 0.15) is 0 Å². The van der Waals surface area contributed by atoms with E-state index in [-0.39, 0.29) is 0 Å². The highest BCUT2D eigenvalue weighted by atomic mass is 16.5. The van der Waals surface area contributed by atoms with Gasteiger partial charge in [-0.1, -0.05) is 18.2 Å². The predicted octanol–water partition coefficient (Wildman–Crippen LogP) is 2.59. The van der Waals surface area contributed by atoms with Crippen molar-refractivity contribution in [2.24, 2.45) is 10.9 Å². The van der Waals surface area contributed by atoms with Gasteiger partial charge in [-0.05, 0) is 57.2 Å². The molecule has 7 heteroatoms. The monoisotopic (exact) mass is 445 g/mol. The Morgan fingerprint density at radius 2 is 1.84 bits per heavy atom. The first-order valence-electron chi connectivity index (χ1n) is 12.5. The Morgan fingerprint density at radius 1 is 1.06 bits per heavy atom. The fourth-order valence-corrected chi connectivity index (χ4v) is 4.24. The molecule has 2 N–H and O–H groups in total. The molecule has 3 rings (SSSR count). The Bertz CT molecular complexity index is 628. The zero-order chi connectivity index (χ0) is 22.3. The largest absolute Gasteiger partial charge is 0.381 e. The molecule has 2 aliphatic heterocycles. The first-order chi connectivity index (χ1) is 15.8. The Balaban J connectivity index is 1.23. The molecular formula is C25H43N5O2. The maximum atomic E-state index is 5.84. The van der Waals surface area contributed by atoms with E-state index >= 15 is 0 Å². The Hall–Kier alpha value is -1.83. The lowest BCUT2D eigenvalue weighted by Crippen LogP contribution is -2.47. The summed E-state index contributed by atoms with van der Waals surface area (Å²) >= 11 is 0. The summed E-state index contributed by atoms with van der Waals surface area (Å²) in [7, 11) is 0. The van der Waals surface area contributed by atoms with Gasteiger partial charge >= 0.3 is 0 Å². The Labute approximate surface area is 194 Å². The van der Waals surface area contributed by atoms with Crippen molar-refractivity contribution in [2.75, 3.05) is 83.7 Å². The van der Waals surface area contributed by atoms with Crippen LogP contribution in [0.15, 0.2) is 35.3 Å². The summed E-state index contributed by atoms with van der Waals surface area (Å²) < 4.78 is 11.2. The quantitative estimate of drug-likeness (QED) is 0.293. The highest BCUT2D eigenvalue weighted by Gasteiger charge is 2.16. The van der Waals surface area contributed by atoms with Crippen LogP contribution in [0.1, 0.15) is 32.6 Å². The molecule has 0 aliphatic carbocycles. The maximum Gasteiger partial charge on any atom is 0.191 e. The van der Waals surface area contributed by atoms with Gasteiger partial charge in [-0.2, -0.15) is 0 Å². The molecule has 0 spiro atoms. The second-order valence-corrected chi connectivity index (χ2v) is 8.69. The summed E-state index contributed by atoms with van der Waals surface area (Å²) in [4.78, 5) is 9.75. The van der Waals surface area contributed by atoms with Crippen molar-refractivity contribution in [3.8, 4) is 0 Å². The lowest BCUT2D eigenvalue weighted by atomic mass is 10.0. The molecule has 2 saturated heterocycles. The van der Waals surface area contributed by atoms with E-state index in [1.54, 1.807) is 0 Å². The molecule has 1 aromatic rings. The molecule has 1 aromatic carbocycles. The molecule has 7 nitrogen and oxygen atoms in total. The van der Waals surface area contributed by atoms with E-state index in [1.165, 1.54) is 5.69 Å². The lowest BCUT2D eigenvalue weighted by Gasteiger charge is -2.36. The second kappa shape index (κ2) is 15.1. The van der Waals surface area contributed by atoms with Crippen LogP contribution in [0.3, 0.4) is 0 Å². The maximum absolute atomic E-state index is 5.84. The summed E-state index contributed by atoms with van der Waals surface area (Å²) in [5, 5.41) is 6.84. The van der Waals surface area contributed by atoms with Crippen LogP contribution < -0.4 is 15.5 Å². The van der Waals surface area contributed by atoms with Crippen LogP contribution in [0.25, 0.3) is 0 Å². The van der Waals surface area contributed by atoms with Crippen molar-refractivity contribution in [2.45, 2.75) is 32.6 Å². The summed E-state index contributed by atoms with van der Waals surface area (Å²) in [6, 6.07) is 10.7. The molecule has 0 bridgehead atoms. The summed E-state index contributed by atoms with van der Waals surface area (Å²) in [6.07, 6.45) is 4.36. The third-order valence-electron chi connectivity index (χ3n) is 6.19. The first kappa shape index (κ1) is 24.8. The van der Waals surface area contributed by atoms with Crippen molar-refractivity contribution in [3.05, 3.63) is 30.3 Å². The number of nitrogens with zero attached hydrogens (tertiary/aromatic N) is 3. The van der Waals surface area contributed by atoms with Crippen molar-refractivity contribution < 1.29 is 9.47 Å². The molecule has 0 aromatic heterocycles. The molecule has 180 valence electrons. The molecule has 2 fully saturated rings. The van der Waals surface area contributed by atoms with E-state index < -0.39 is 0 Å². The number of guanidine groups is 1. The minimum Gasteiger partial charge on any atom is -0.381 e. The Kier molecular flexibility index (Phi) is 11.7. The third kappa shape index (κ3) is 9.35. The highest BCUT2D eigenvalue weighted by molar-refractivity contribution is 5.79. The zero-order valence-corrected chi connectivity index (χ0v) is 19.9. The van der Waals surface area contributed by atoms with Gasteiger partial charge in [0.15, 0.2) is 5.96 Å². The normalized spacial score (nSPS) is 18.7. The lowest BCUT2D eigenvalue weighted by molar-refractivity contribution is 0.0205. The van der Waals surface area contributed by atoms with E-state index in [9.17, 15) is 0 Å². The zero-order valence-electron chi connectivity index (χ0n) is 19.9. The summed E-state index contributed by atoms with van der Waals surface area (Å²) in [5.74, 6) is 1.60. The van der Waals surface area contributed by atoms with Gasteiger partial charge in [-0.3, -0.25) is 9.89 Å². The van der Waals surface area contributed by atoms with Gasteiger partial charge in [0.05, 0.1) is 0 Å². The fourth-order valence-electron chi connectivity index (χ4n) is 4.24. The number of piperazine rings is 1. The molecular weight excluding hydrogens is 402 g/mol. The van der Waals surface area contributed by atoms with Gasteiger partial charge in [0.2, 0.25) is 0 Å². The number of aliphatic imine (C=N–C) groups is 1. The van der Waals surface area contributed by atoms with E-state index in [0.29, 0.717) is 5.92 Å².